The summed E-state index contributed by atoms with van der Waals surface area (Å²) >= 11 is 0. The van der Waals surface area contributed by atoms with Crippen LogP contribution in [0.1, 0.15) is 50.9 Å². The van der Waals surface area contributed by atoms with Gasteiger partial charge in [-0.15, -0.1) is 0 Å². The van der Waals surface area contributed by atoms with Crippen LogP contribution in [0.5, 0.6) is 11.8 Å². The van der Waals surface area contributed by atoms with Crippen molar-refractivity contribution in [3.05, 3.63) is 60.1 Å². The van der Waals surface area contributed by atoms with E-state index in [1.54, 1.807) is 30.2 Å². The number of carbonyl (C=O) groups excluding carboxylic acids is 1. The van der Waals surface area contributed by atoms with E-state index in [0.717, 1.165) is 18.5 Å². The highest BCUT2D eigenvalue weighted by Gasteiger charge is 2.31. The van der Waals surface area contributed by atoms with E-state index in [-0.39, 0.29) is 29.6 Å². The standard InChI is InChI=1S/C27H30FN7O3/c1-16-9-10-30-25(33-16)37-22-8-7-18(12-19(22)28)35-21(13-20-23(35)24(29)32-15-31-20)17-6-5-11-34(14-17)26(36)38-27(2,3)4/h7-10,12-13,15,17H,5-6,11,14H2,1-4H3,(H2,29,31,32). The summed E-state index contributed by atoms with van der Waals surface area (Å²) in [5, 5.41) is 0. The van der Waals surface area contributed by atoms with Crippen LogP contribution in [0.4, 0.5) is 15.0 Å². The zero-order valence-corrected chi connectivity index (χ0v) is 21.8. The third-order valence-corrected chi connectivity index (χ3v) is 6.28. The summed E-state index contributed by atoms with van der Waals surface area (Å²) in [5.41, 5.74) is 8.99. The van der Waals surface area contributed by atoms with Crippen LogP contribution in [0.25, 0.3) is 16.7 Å². The molecule has 38 heavy (non-hydrogen) atoms. The molecular formula is C27H30FN7O3. The second-order valence-electron chi connectivity index (χ2n) is 10.4. The highest BCUT2D eigenvalue weighted by molar-refractivity contribution is 5.88. The maximum Gasteiger partial charge on any atom is 0.410 e. The van der Waals surface area contributed by atoms with Gasteiger partial charge in [-0.3, -0.25) is 0 Å². The molecule has 10 nitrogen and oxygen atoms in total. The highest BCUT2D eigenvalue weighted by Crippen LogP contribution is 2.36. The van der Waals surface area contributed by atoms with E-state index in [4.69, 9.17) is 15.2 Å². The molecule has 1 saturated heterocycles. The minimum atomic E-state index is -0.589. The molecule has 1 amide bonds. The fourth-order valence-electron chi connectivity index (χ4n) is 4.65. The van der Waals surface area contributed by atoms with Crippen molar-refractivity contribution < 1.29 is 18.7 Å². The van der Waals surface area contributed by atoms with E-state index >= 15 is 4.39 Å². The maximum atomic E-state index is 15.3. The number of rotatable bonds is 4. The Morgan fingerprint density at radius 2 is 1.97 bits per heavy atom. The number of fused-ring (bicyclic) bond motifs is 1. The van der Waals surface area contributed by atoms with Gasteiger partial charge in [-0.1, -0.05) is 0 Å². The molecule has 1 aliphatic heterocycles. The average Bonchev–Trinajstić information content (AvgIpc) is 3.25. The number of halogens is 1. The van der Waals surface area contributed by atoms with Crippen LogP contribution >= 0.6 is 0 Å². The normalized spacial score (nSPS) is 16.0. The van der Waals surface area contributed by atoms with Crippen molar-refractivity contribution in [3.63, 3.8) is 0 Å². The molecule has 1 atom stereocenters. The number of anilines is 1. The zero-order chi connectivity index (χ0) is 27.0. The summed E-state index contributed by atoms with van der Waals surface area (Å²) in [6.45, 7) is 8.40. The molecule has 198 valence electrons. The van der Waals surface area contributed by atoms with Crippen molar-refractivity contribution in [1.29, 1.82) is 0 Å². The Labute approximate surface area is 219 Å². The van der Waals surface area contributed by atoms with Crippen LogP contribution in [-0.2, 0) is 4.74 Å². The Balaban J connectivity index is 1.52. The number of nitrogens with zero attached hydrogens (tertiary/aromatic N) is 6. The number of amides is 1. The van der Waals surface area contributed by atoms with Crippen LogP contribution in [0.2, 0.25) is 0 Å². The van der Waals surface area contributed by atoms with Crippen molar-refractivity contribution in [3.8, 4) is 17.4 Å². The zero-order valence-electron chi connectivity index (χ0n) is 21.8. The molecule has 3 aromatic heterocycles. The third-order valence-electron chi connectivity index (χ3n) is 6.28. The predicted molar refractivity (Wildman–Crippen MR) is 140 cm³/mol. The lowest BCUT2D eigenvalue weighted by atomic mass is 9.94. The minimum absolute atomic E-state index is 0.00430. The SMILES string of the molecule is Cc1ccnc(Oc2ccc(-n3c(C4CCCN(C(=O)OC(C)(C)C)C4)cc4ncnc(N)c43)cc2F)n1. The summed E-state index contributed by atoms with van der Waals surface area (Å²) in [6, 6.07) is 8.35. The lowest BCUT2D eigenvalue weighted by molar-refractivity contribution is 0.0197. The van der Waals surface area contributed by atoms with Gasteiger partial charge in [-0.05, 0) is 64.8 Å². The van der Waals surface area contributed by atoms with E-state index in [0.29, 0.717) is 35.5 Å². The molecule has 0 saturated carbocycles. The van der Waals surface area contributed by atoms with Gasteiger partial charge in [-0.25, -0.2) is 29.1 Å². The van der Waals surface area contributed by atoms with Crippen molar-refractivity contribution in [1.82, 2.24) is 29.4 Å². The fourth-order valence-corrected chi connectivity index (χ4v) is 4.65. The van der Waals surface area contributed by atoms with Gasteiger partial charge in [0.25, 0.3) is 0 Å². The number of hydrogen-bond donors (Lipinski definition) is 1. The fraction of sp³-hybridized carbons (Fsp3) is 0.370. The van der Waals surface area contributed by atoms with Crippen LogP contribution in [-0.4, -0.2) is 54.2 Å². The van der Waals surface area contributed by atoms with E-state index in [9.17, 15) is 4.79 Å². The number of ether oxygens (including phenoxy) is 2. The molecule has 5 rings (SSSR count). The second-order valence-corrected chi connectivity index (χ2v) is 10.4. The molecule has 1 unspecified atom stereocenters. The molecule has 1 fully saturated rings. The van der Waals surface area contributed by atoms with Gasteiger partial charge in [-0.2, -0.15) is 0 Å². The van der Waals surface area contributed by atoms with Crippen molar-refractivity contribution in [2.75, 3.05) is 18.8 Å². The van der Waals surface area contributed by atoms with Crippen LogP contribution < -0.4 is 10.5 Å². The molecule has 0 aliphatic carbocycles. The number of aromatic nitrogens is 5. The summed E-state index contributed by atoms with van der Waals surface area (Å²) in [5.74, 6) is -0.371. The summed E-state index contributed by atoms with van der Waals surface area (Å²) in [4.78, 5) is 31.3. The summed E-state index contributed by atoms with van der Waals surface area (Å²) < 4.78 is 28.4. The average molecular weight is 520 g/mol. The van der Waals surface area contributed by atoms with Gasteiger partial charge in [0.05, 0.1) is 5.52 Å². The molecule has 4 heterocycles. The van der Waals surface area contributed by atoms with Crippen molar-refractivity contribution in [2.45, 2.75) is 52.1 Å². The van der Waals surface area contributed by atoms with E-state index < -0.39 is 11.4 Å². The molecule has 1 aromatic carbocycles. The number of nitrogens with two attached hydrogens (primary N) is 1. The molecular weight excluding hydrogens is 489 g/mol. The van der Waals surface area contributed by atoms with Crippen LogP contribution in [0.15, 0.2) is 42.9 Å². The van der Waals surface area contributed by atoms with E-state index in [2.05, 4.69) is 19.9 Å². The number of aryl methyl sites for hydroxylation is 1. The van der Waals surface area contributed by atoms with Crippen molar-refractivity contribution in [2.24, 2.45) is 0 Å². The topological polar surface area (TPSA) is 121 Å². The Morgan fingerprint density at radius 1 is 1.16 bits per heavy atom. The molecule has 11 heteroatoms. The van der Waals surface area contributed by atoms with Gasteiger partial charge in [0, 0.05) is 48.3 Å². The maximum absolute atomic E-state index is 15.3. The minimum Gasteiger partial charge on any atom is -0.444 e. The Morgan fingerprint density at radius 3 is 2.71 bits per heavy atom. The van der Waals surface area contributed by atoms with Gasteiger partial charge < -0.3 is 24.7 Å². The molecule has 0 spiro atoms. The number of benzene rings is 1. The number of hydrogen-bond acceptors (Lipinski definition) is 8. The number of likely N-dealkylation sites (tertiary alicyclic amines) is 1. The first kappa shape index (κ1) is 25.4. The Kier molecular flexibility index (Phi) is 6.60. The summed E-state index contributed by atoms with van der Waals surface area (Å²) in [6.07, 6.45) is 4.23. The molecule has 4 aromatic rings. The first-order valence-corrected chi connectivity index (χ1v) is 12.5. The number of piperidine rings is 1. The Hall–Kier alpha value is -4.28. The number of nitrogen functional groups attached to an aromatic ring is 1. The van der Waals surface area contributed by atoms with Gasteiger partial charge >= 0.3 is 12.1 Å². The first-order chi connectivity index (χ1) is 18.1. The third kappa shape index (κ3) is 5.22. The molecule has 0 radical (unpaired) electrons. The lowest BCUT2D eigenvalue weighted by Crippen LogP contribution is -2.42. The Bertz CT molecular complexity index is 1500. The quantitative estimate of drug-likeness (QED) is 0.393. The predicted octanol–water partition coefficient (Wildman–Crippen LogP) is 5.15. The van der Waals surface area contributed by atoms with Gasteiger partial charge in [0.1, 0.15) is 17.4 Å². The molecule has 1 aliphatic rings. The van der Waals surface area contributed by atoms with Crippen molar-refractivity contribution >= 4 is 22.9 Å². The summed E-state index contributed by atoms with van der Waals surface area (Å²) in [7, 11) is 0. The van der Waals surface area contributed by atoms with Gasteiger partial charge in [0.2, 0.25) is 0 Å². The molecule has 2 N–H and O–H groups in total. The van der Waals surface area contributed by atoms with Crippen LogP contribution in [0, 0.1) is 12.7 Å². The number of carbonyl (C=O) groups is 1. The van der Waals surface area contributed by atoms with Crippen LogP contribution in [0.3, 0.4) is 0 Å². The molecule has 0 bridgehead atoms. The van der Waals surface area contributed by atoms with Gasteiger partial charge in [0.15, 0.2) is 17.4 Å². The highest BCUT2D eigenvalue weighted by atomic mass is 19.1. The smallest absolute Gasteiger partial charge is 0.410 e. The largest absolute Gasteiger partial charge is 0.444 e. The monoisotopic (exact) mass is 519 g/mol. The van der Waals surface area contributed by atoms with E-state index in [1.807, 2.05) is 31.4 Å². The van der Waals surface area contributed by atoms with E-state index in [1.165, 1.54) is 18.5 Å². The first-order valence-electron chi connectivity index (χ1n) is 12.5. The lowest BCUT2D eigenvalue weighted by Gasteiger charge is -2.34. The second kappa shape index (κ2) is 9.88.